The van der Waals surface area contributed by atoms with Gasteiger partial charge in [0, 0.05) is 18.7 Å². The first kappa shape index (κ1) is 14.5. The smallest absolute Gasteiger partial charge is 0.410 e. The third-order valence-electron chi connectivity index (χ3n) is 4.44. The second kappa shape index (κ2) is 5.85. The summed E-state index contributed by atoms with van der Waals surface area (Å²) in [7, 11) is 1.71. The van der Waals surface area contributed by atoms with Crippen molar-refractivity contribution in [1.29, 1.82) is 0 Å². The number of carbonyl (C=O) groups is 1. The molecule has 0 spiro atoms. The van der Waals surface area contributed by atoms with Crippen LogP contribution in [0.4, 0.5) is 10.5 Å². The lowest BCUT2D eigenvalue weighted by Gasteiger charge is -2.23. The summed E-state index contributed by atoms with van der Waals surface area (Å²) in [5, 5.41) is 0. The number of anilines is 1. The Kier molecular flexibility index (Phi) is 3.54. The maximum atomic E-state index is 12.2. The van der Waals surface area contributed by atoms with E-state index in [0.717, 1.165) is 5.69 Å². The van der Waals surface area contributed by atoms with Crippen LogP contribution in [0.2, 0.25) is 0 Å². The van der Waals surface area contributed by atoms with Crippen LogP contribution >= 0.6 is 0 Å². The Labute approximate surface area is 141 Å². The Hall–Kier alpha value is -3.07. The highest BCUT2D eigenvalue weighted by Crippen LogP contribution is 2.34. The molecule has 7 rings (SSSR count). The van der Waals surface area contributed by atoms with E-state index >= 15 is 0 Å². The lowest BCUT2D eigenvalue weighted by atomic mass is 9.85. The number of carbonyl (C=O) groups excluding carboxylic acids is 1. The molecule has 3 aromatic carbocycles. The molecule has 0 saturated carbocycles. The van der Waals surface area contributed by atoms with E-state index in [9.17, 15) is 4.79 Å². The maximum absolute atomic E-state index is 12.2. The monoisotopic (exact) mass is 315 g/mol. The summed E-state index contributed by atoms with van der Waals surface area (Å²) in [5.41, 5.74) is 4.41. The second-order valence-electron chi connectivity index (χ2n) is 5.93. The number of benzene rings is 3. The molecule has 3 aromatic rings. The molecule has 1 atom stereocenters. The average molecular weight is 315 g/mol. The van der Waals surface area contributed by atoms with Gasteiger partial charge in [-0.15, -0.1) is 0 Å². The van der Waals surface area contributed by atoms with E-state index in [2.05, 4.69) is 36.4 Å². The lowest BCUT2D eigenvalue weighted by molar-refractivity contribution is 0.209. The van der Waals surface area contributed by atoms with Crippen LogP contribution in [0.25, 0.3) is 0 Å². The fourth-order valence-corrected chi connectivity index (χ4v) is 3.12. The van der Waals surface area contributed by atoms with Crippen LogP contribution in [0, 0.1) is 0 Å². The van der Waals surface area contributed by atoms with Crippen LogP contribution in [-0.4, -0.2) is 13.1 Å². The van der Waals surface area contributed by atoms with Gasteiger partial charge in [0.25, 0.3) is 0 Å². The number of hydrogen-bond donors (Lipinski definition) is 0. The number of ether oxygens (including phenoxy) is 1. The van der Waals surface area contributed by atoms with Gasteiger partial charge in [-0.05, 0) is 41.0 Å². The minimum atomic E-state index is -0.393. The molecule has 1 amide bonds. The largest absolute Gasteiger partial charge is 0.419 e. The zero-order valence-corrected chi connectivity index (χ0v) is 13.3. The molecule has 0 radical (unpaired) electrons. The van der Waals surface area contributed by atoms with Gasteiger partial charge in [0.2, 0.25) is 0 Å². The highest BCUT2D eigenvalue weighted by Gasteiger charge is 2.20. The Morgan fingerprint density at radius 1 is 0.750 bits per heavy atom. The molecule has 24 heavy (non-hydrogen) atoms. The highest BCUT2D eigenvalue weighted by molar-refractivity contribution is 5.88. The predicted octanol–water partition coefficient (Wildman–Crippen LogP) is 4.82. The molecule has 0 N–H and O–H groups in total. The van der Waals surface area contributed by atoms with Crippen molar-refractivity contribution in [2.24, 2.45) is 0 Å². The first-order chi connectivity index (χ1) is 11.7. The van der Waals surface area contributed by atoms with Crippen molar-refractivity contribution in [1.82, 2.24) is 0 Å². The van der Waals surface area contributed by atoms with Gasteiger partial charge in [-0.3, -0.25) is 4.90 Å². The van der Waals surface area contributed by atoms with Crippen molar-refractivity contribution in [3.05, 3.63) is 95.6 Å². The molecule has 4 aliphatic rings. The van der Waals surface area contributed by atoms with Crippen molar-refractivity contribution in [3.8, 4) is 5.75 Å². The van der Waals surface area contributed by atoms with Gasteiger partial charge in [0.05, 0.1) is 0 Å². The third kappa shape index (κ3) is 2.54. The zero-order valence-electron chi connectivity index (χ0n) is 13.3. The molecular formula is C21H17NO2. The summed E-state index contributed by atoms with van der Waals surface area (Å²) >= 11 is 0. The zero-order chi connectivity index (χ0) is 16.5. The fourth-order valence-electron chi connectivity index (χ4n) is 3.12. The number of amides is 1. The first-order valence-electron chi connectivity index (χ1n) is 7.93. The summed E-state index contributed by atoms with van der Waals surface area (Å²) in [6.45, 7) is 0. The number of rotatable bonds is 1. The molecule has 3 heteroatoms. The SMILES string of the molecule is CN1C(=O)Oc2ccc(cc2)C(c2ccccc2)c2ccc1cc2. The van der Waals surface area contributed by atoms with E-state index in [1.54, 1.807) is 7.05 Å². The van der Waals surface area contributed by atoms with Crippen molar-refractivity contribution < 1.29 is 9.53 Å². The Balaban J connectivity index is 1.91. The molecular weight excluding hydrogens is 298 g/mol. The Morgan fingerprint density at radius 2 is 1.29 bits per heavy atom. The maximum Gasteiger partial charge on any atom is 0.419 e. The number of hydrogen-bond acceptors (Lipinski definition) is 2. The van der Waals surface area contributed by atoms with E-state index in [0.29, 0.717) is 5.75 Å². The first-order valence-corrected chi connectivity index (χ1v) is 7.93. The van der Waals surface area contributed by atoms with E-state index in [4.69, 9.17) is 4.74 Å². The Morgan fingerprint density at radius 3 is 1.92 bits per heavy atom. The van der Waals surface area contributed by atoms with Gasteiger partial charge >= 0.3 is 6.09 Å². The molecule has 0 aliphatic carbocycles. The van der Waals surface area contributed by atoms with Gasteiger partial charge < -0.3 is 4.74 Å². The molecule has 0 fully saturated rings. The normalized spacial score (nSPS) is 16.5. The van der Waals surface area contributed by atoms with Crippen LogP contribution in [0.3, 0.4) is 0 Å². The summed E-state index contributed by atoms with van der Waals surface area (Å²) in [6, 6.07) is 26.3. The van der Waals surface area contributed by atoms with E-state index in [1.807, 2.05) is 42.5 Å². The van der Waals surface area contributed by atoms with Crippen LogP contribution in [0.5, 0.6) is 5.75 Å². The van der Waals surface area contributed by atoms with Crippen LogP contribution in [-0.2, 0) is 0 Å². The number of nitrogens with zero attached hydrogens (tertiary/aromatic N) is 1. The summed E-state index contributed by atoms with van der Waals surface area (Å²) in [5.74, 6) is 0.701. The van der Waals surface area contributed by atoms with E-state index in [1.165, 1.54) is 21.6 Å². The predicted molar refractivity (Wildman–Crippen MR) is 94.7 cm³/mol. The third-order valence-corrected chi connectivity index (χ3v) is 4.44. The second-order valence-corrected chi connectivity index (χ2v) is 5.93. The Bertz CT molecular complexity index is 855. The molecule has 4 aliphatic heterocycles. The van der Waals surface area contributed by atoms with Crippen molar-refractivity contribution in [2.75, 3.05) is 11.9 Å². The quantitative estimate of drug-likeness (QED) is 0.644. The van der Waals surface area contributed by atoms with Gasteiger partial charge in [0.15, 0.2) is 0 Å². The standard InChI is InChI=1S/C21H17NO2/c1-22-18-11-7-16(8-12-18)20(15-5-3-2-4-6-15)17-9-13-19(14-10-17)24-21(22)23/h2-14,20H,1H3. The molecule has 3 nitrogen and oxygen atoms in total. The summed E-state index contributed by atoms with van der Waals surface area (Å²) in [4.78, 5) is 13.7. The molecule has 118 valence electrons. The van der Waals surface area contributed by atoms with E-state index < -0.39 is 6.09 Å². The van der Waals surface area contributed by atoms with Crippen LogP contribution < -0.4 is 9.64 Å². The van der Waals surface area contributed by atoms with Gasteiger partial charge in [0.1, 0.15) is 5.75 Å². The molecule has 0 saturated heterocycles. The van der Waals surface area contributed by atoms with E-state index in [-0.39, 0.29) is 5.92 Å². The topological polar surface area (TPSA) is 29.5 Å². The van der Waals surface area contributed by atoms with Gasteiger partial charge in [-0.25, -0.2) is 4.79 Å². The minimum absolute atomic E-state index is 0.148. The average Bonchev–Trinajstić information content (AvgIpc) is 2.63. The van der Waals surface area contributed by atoms with Gasteiger partial charge in [-0.2, -0.15) is 0 Å². The molecule has 1 unspecified atom stereocenters. The molecule has 4 heterocycles. The summed E-state index contributed by atoms with van der Waals surface area (Å²) < 4.78 is 5.43. The van der Waals surface area contributed by atoms with Crippen LogP contribution in [0.15, 0.2) is 78.9 Å². The highest BCUT2D eigenvalue weighted by atomic mass is 16.6. The minimum Gasteiger partial charge on any atom is -0.410 e. The van der Waals surface area contributed by atoms with Crippen molar-refractivity contribution in [2.45, 2.75) is 5.92 Å². The van der Waals surface area contributed by atoms with Crippen molar-refractivity contribution in [3.63, 3.8) is 0 Å². The molecule has 0 aromatic heterocycles. The van der Waals surface area contributed by atoms with Crippen LogP contribution in [0.1, 0.15) is 22.6 Å². The molecule has 4 bridgehead atoms. The fraction of sp³-hybridized carbons (Fsp3) is 0.0952. The van der Waals surface area contributed by atoms with Crippen molar-refractivity contribution >= 4 is 11.8 Å². The summed E-state index contributed by atoms with van der Waals surface area (Å²) in [6.07, 6.45) is -0.393. The lowest BCUT2D eigenvalue weighted by Crippen LogP contribution is -2.29. The van der Waals surface area contributed by atoms with Gasteiger partial charge in [-0.1, -0.05) is 54.6 Å².